The Kier molecular flexibility index (Phi) is 35.5. The van der Waals surface area contributed by atoms with E-state index < -0.39 is 74.0 Å². The second-order valence-corrected chi connectivity index (χ2v) is 23.8. The predicted molar refractivity (Wildman–Crippen MR) is 377 cm³/mol. The quantitative estimate of drug-likeness (QED) is 0.0256. The van der Waals surface area contributed by atoms with E-state index in [0.29, 0.717) is 60.3 Å². The van der Waals surface area contributed by atoms with Crippen molar-refractivity contribution in [3.05, 3.63) is 248 Å². The van der Waals surface area contributed by atoms with Crippen molar-refractivity contribution in [3.63, 3.8) is 0 Å². The maximum Gasteiger partial charge on any atom is 1.00 e. The number of carboxylic acids is 1. The van der Waals surface area contributed by atoms with Gasteiger partial charge in [0.1, 0.15) is 52.0 Å². The first-order chi connectivity index (χ1) is 49.9. The zero-order valence-corrected chi connectivity index (χ0v) is 62.3. The fraction of sp³-hybridized carbons (Fsp3) is 0.230. The Bertz CT molecular complexity index is 4480. The molecular weight excluding hydrogens is 1510 g/mol. The number of hydrogen-bond donors (Lipinski definition) is 6. The number of aliphatic hydroxyl groups excluding tert-OH is 1. The van der Waals surface area contributed by atoms with Crippen LogP contribution >= 0.6 is 34.8 Å². The summed E-state index contributed by atoms with van der Waals surface area (Å²) in [5, 5.41) is 34.3. The number of aryl methyl sites for hydroxylation is 3. The van der Waals surface area contributed by atoms with Gasteiger partial charge < -0.3 is 56.1 Å². The third-order valence-corrected chi connectivity index (χ3v) is 15.7. The van der Waals surface area contributed by atoms with E-state index in [1.807, 2.05) is 6.07 Å². The van der Waals surface area contributed by atoms with Crippen molar-refractivity contribution in [1.82, 2.24) is 25.2 Å². The van der Waals surface area contributed by atoms with Crippen LogP contribution in [0.2, 0.25) is 15.1 Å². The molecule has 0 bridgehead atoms. The van der Waals surface area contributed by atoms with E-state index in [1.54, 1.807) is 97.9 Å². The molecule has 558 valence electrons. The van der Waals surface area contributed by atoms with Crippen molar-refractivity contribution in [2.45, 2.75) is 76.8 Å². The molecule has 1 fully saturated rings. The van der Waals surface area contributed by atoms with Crippen LogP contribution in [0.4, 0.5) is 56.6 Å². The van der Waals surface area contributed by atoms with Crippen LogP contribution in [0, 0.1) is 11.3 Å². The topological polar surface area (TPSA) is 297 Å². The van der Waals surface area contributed by atoms with Crippen LogP contribution in [0.3, 0.4) is 0 Å². The standard InChI is InChI=1S/C28H28ClF3N4O3.C22H15ClF3N3O2.C22H16ClF3N2O4.C2H6O.K.H2O/c29-24-9-6-20(17-23(24)28(30,31)32)35-26(37)10-5-19-3-7-21(8-4-19)39-22-11-12-33-25(18-22)27(38)34-13-16-36-14-1-2-15-36;23-20-7-4-15(12-19(20)22(24,25)26)29-21(30)8-3-14-1-5-17(6-2-14)31-18-9-10-28-16(11-18)13-27;23-18-7-4-14(11-17(18)22(24,25)26)28-20(29)8-3-13-1-5-15(6-2-13)32-16-9-10-27-19(12-16)21(30)31;1-2-3;;/h3-4,6-9,11-12,17-18H,1-2,5,10,13-16H2,(H,34,38)(H,35,37);1-2,4-7,9-12H,3,8H2,(H,29,30);1-2,4-7,9-12H,3,8H2,(H,28,29)(H,30,31);3H,2H2,1H3;;1H2/q;;;;+1;/p-1. The number of likely N-dealkylation sites (tertiary alicyclic amines) is 1. The van der Waals surface area contributed by atoms with E-state index in [2.05, 4.69) is 41.1 Å². The molecule has 33 heteroatoms. The number of amides is 4. The molecule has 1 saturated heterocycles. The van der Waals surface area contributed by atoms with Gasteiger partial charge in [0.15, 0.2) is 5.69 Å². The Morgan fingerprint density at radius 3 is 1.16 bits per heavy atom. The summed E-state index contributed by atoms with van der Waals surface area (Å²) < 4.78 is 134. The second kappa shape index (κ2) is 42.9. The van der Waals surface area contributed by atoms with Crippen LogP contribution in [-0.2, 0) is 52.2 Å². The molecule has 1 aliphatic rings. The van der Waals surface area contributed by atoms with Gasteiger partial charge in [0, 0.05) is 92.8 Å². The Morgan fingerprint density at radius 2 is 0.822 bits per heavy atom. The fourth-order valence-corrected chi connectivity index (χ4v) is 10.3. The molecule has 4 heterocycles. The van der Waals surface area contributed by atoms with Crippen molar-refractivity contribution in [3.8, 4) is 40.6 Å². The summed E-state index contributed by atoms with van der Waals surface area (Å²) in [6, 6.07) is 41.6. The molecule has 0 atom stereocenters. The van der Waals surface area contributed by atoms with Crippen LogP contribution in [0.15, 0.2) is 182 Å². The summed E-state index contributed by atoms with van der Waals surface area (Å²) in [5.74, 6) is 0.0675. The summed E-state index contributed by atoms with van der Waals surface area (Å²) in [6.07, 6.45) is -5.80. The third kappa shape index (κ3) is 30.2. The number of aromatic carboxylic acids is 1. The van der Waals surface area contributed by atoms with Crippen molar-refractivity contribution in [2.24, 2.45) is 0 Å². The van der Waals surface area contributed by atoms with Gasteiger partial charge in [-0.1, -0.05) is 71.2 Å². The number of pyridine rings is 3. The monoisotopic (exact) mass is 1570 g/mol. The zero-order valence-electron chi connectivity index (χ0n) is 56.9. The van der Waals surface area contributed by atoms with Gasteiger partial charge in [0.05, 0.1) is 31.8 Å². The van der Waals surface area contributed by atoms with Gasteiger partial charge in [-0.15, -0.1) is 0 Å². The molecule has 0 aliphatic carbocycles. The Balaban J connectivity index is 0.000000282. The van der Waals surface area contributed by atoms with Gasteiger partial charge in [-0.25, -0.2) is 14.8 Å². The predicted octanol–water partition coefficient (Wildman–Crippen LogP) is 14.6. The average molecular weight is 1570 g/mol. The van der Waals surface area contributed by atoms with E-state index in [9.17, 15) is 63.5 Å². The minimum atomic E-state index is -4.62. The minimum Gasteiger partial charge on any atom is -0.870 e. The maximum absolute atomic E-state index is 13.0. The number of anilines is 3. The first-order valence-electron chi connectivity index (χ1n) is 31.9. The minimum absolute atomic E-state index is 0. The molecule has 1 aliphatic heterocycles. The number of halogens is 12. The molecule has 3 aromatic heterocycles. The molecule has 107 heavy (non-hydrogen) atoms. The normalized spacial score (nSPS) is 11.7. The number of ether oxygens (including phenoxy) is 3. The molecule has 10 rings (SSSR count). The largest absolute Gasteiger partial charge is 1.00 e. The number of nitrogens with zero attached hydrogens (tertiary/aromatic N) is 5. The molecule has 4 amide bonds. The van der Waals surface area contributed by atoms with Crippen molar-refractivity contribution >= 4 is 81.5 Å². The smallest absolute Gasteiger partial charge is 0.870 e. The molecule has 0 radical (unpaired) electrons. The fourth-order valence-electron chi connectivity index (χ4n) is 9.64. The number of aliphatic hydroxyl groups is 1. The summed E-state index contributed by atoms with van der Waals surface area (Å²) in [4.78, 5) is 73.9. The average Bonchev–Trinajstić information content (AvgIpc) is 0.871. The van der Waals surface area contributed by atoms with Crippen LogP contribution in [0.5, 0.6) is 34.5 Å². The van der Waals surface area contributed by atoms with E-state index in [4.69, 9.17) is 64.5 Å². The summed E-state index contributed by atoms with van der Waals surface area (Å²) in [6.45, 7) is 5.44. The van der Waals surface area contributed by atoms with Gasteiger partial charge >= 0.3 is 75.9 Å². The number of rotatable bonds is 23. The van der Waals surface area contributed by atoms with Gasteiger partial charge in [-0.3, -0.25) is 24.2 Å². The number of aromatic nitrogens is 3. The van der Waals surface area contributed by atoms with Crippen molar-refractivity contribution < 1.29 is 145 Å². The van der Waals surface area contributed by atoms with Crippen LogP contribution in [0.1, 0.15) is 99.1 Å². The Morgan fingerprint density at radius 1 is 0.495 bits per heavy atom. The number of nitriles is 1. The number of carboxylic acid groups (broad SMARTS) is 1. The SMILES string of the molecule is CCO.N#Cc1cc(Oc2ccc(CCC(=O)Nc3ccc(Cl)c(C(F)(F)F)c3)cc2)ccn1.O=C(CCc1ccc(Oc2ccnc(C(=O)NCCN3CCCC3)c2)cc1)Nc1ccc(Cl)c(C(F)(F)F)c1.O=C(CCc1ccc(Oc2ccnc(C(=O)O)c2)cc1)Nc1ccc(Cl)c(C(F)(F)F)c1.[K+].[OH-]. The van der Waals surface area contributed by atoms with Crippen molar-refractivity contribution in [1.29, 1.82) is 5.26 Å². The summed E-state index contributed by atoms with van der Waals surface area (Å²) in [7, 11) is 0. The molecule has 0 spiro atoms. The van der Waals surface area contributed by atoms with Crippen LogP contribution in [0.25, 0.3) is 0 Å². The summed E-state index contributed by atoms with van der Waals surface area (Å²) in [5.41, 5.74) is -0.102. The first-order valence-corrected chi connectivity index (χ1v) is 33.0. The van der Waals surface area contributed by atoms with Crippen molar-refractivity contribution in [2.75, 3.05) is 48.7 Å². The third-order valence-electron chi connectivity index (χ3n) is 14.7. The van der Waals surface area contributed by atoms with Crippen LogP contribution in [-0.4, -0.2) is 97.9 Å². The molecule has 6 aromatic carbocycles. The number of alkyl halides is 9. The maximum atomic E-state index is 13.0. The molecule has 7 N–H and O–H groups in total. The molecule has 9 aromatic rings. The van der Waals surface area contributed by atoms with E-state index >= 15 is 0 Å². The zero-order chi connectivity index (χ0) is 76.3. The number of hydrogen-bond acceptors (Lipinski definition) is 15. The number of carbonyl (C=O) groups is 5. The van der Waals surface area contributed by atoms with E-state index in [0.717, 1.165) is 72.7 Å². The Hall–Kier alpha value is -9.23. The summed E-state index contributed by atoms with van der Waals surface area (Å²) >= 11 is 16.8. The van der Waals surface area contributed by atoms with Gasteiger partial charge in [-0.05, 0) is 178 Å². The first kappa shape index (κ1) is 88.4. The number of carbonyl (C=O) groups excluding carboxylic acids is 4. The van der Waals surface area contributed by atoms with Gasteiger partial charge in [0.2, 0.25) is 17.7 Å². The molecular formula is C74H66Cl3F9KN9O11. The van der Waals surface area contributed by atoms with Gasteiger partial charge in [0.25, 0.3) is 5.91 Å². The van der Waals surface area contributed by atoms with Crippen LogP contribution < -0.4 is 86.9 Å². The molecule has 0 unspecified atom stereocenters. The molecule has 20 nitrogen and oxygen atoms in total. The number of nitrogens with one attached hydrogen (secondary N) is 4. The number of benzene rings is 6. The Labute approximate surface area is 665 Å². The van der Waals surface area contributed by atoms with Gasteiger partial charge in [-0.2, -0.15) is 44.8 Å². The van der Waals surface area contributed by atoms with E-state index in [1.165, 1.54) is 67.8 Å². The molecule has 0 saturated carbocycles. The second-order valence-electron chi connectivity index (χ2n) is 22.6. The van der Waals surface area contributed by atoms with E-state index in [-0.39, 0.29) is 123 Å².